The molecule has 0 saturated carbocycles. The van der Waals surface area contributed by atoms with Crippen molar-refractivity contribution in [3.8, 4) is 50.8 Å². The lowest BCUT2D eigenvalue weighted by atomic mass is 9.97. The largest absolute Gasteiger partial charge is 0.294 e. The van der Waals surface area contributed by atoms with Gasteiger partial charge >= 0.3 is 0 Å². The van der Waals surface area contributed by atoms with E-state index >= 15 is 0 Å². The van der Waals surface area contributed by atoms with Gasteiger partial charge in [-0.05, 0) is 41.5 Å². The molecule has 0 spiro atoms. The average Bonchev–Trinajstić information content (AvgIpc) is 3.85. The second-order valence-electron chi connectivity index (χ2n) is 14.8. The molecule has 0 unspecified atom stereocenters. The number of para-hydroxylation sites is 3. The number of fused-ring (bicyclic) bond motifs is 10. The molecule has 12 aromatic rings. The summed E-state index contributed by atoms with van der Waals surface area (Å²) in [6.07, 6.45) is 0. The fourth-order valence-corrected chi connectivity index (χ4v) is 9.92. The molecule has 0 aliphatic heterocycles. The van der Waals surface area contributed by atoms with Crippen LogP contribution in [-0.4, -0.2) is 19.5 Å². The standard InChI is InChI=1S/C53H32N4S/c1-3-13-35(14-4-1)51-42-29-28-40-43-31-37(27-30-48(43)58-52(40)50(42)41-19-7-10-20-44(41)54-51)33-23-25-34(26-24-33)45-32-49(56-53(55-45)36-15-5-2-6-16-36)57-46-21-11-8-17-38(46)39-18-9-12-22-47(39)57/h1-32H. The Kier molecular flexibility index (Phi) is 7.37. The lowest BCUT2D eigenvalue weighted by Crippen LogP contribution is -2.02. The topological polar surface area (TPSA) is 43.6 Å². The Labute approximate surface area is 338 Å². The molecule has 12 rings (SSSR count). The first-order valence-corrected chi connectivity index (χ1v) is 20.3. The van der Waals surface area contributed by atoms with Gasteiger partial charge in [-0.25, -0.2) is 15.0 Å². The van der Waals surface area contributed by atoms with Crippen molar-refractivity contribution in [3.05, 3.63) is 194 Å². The SMILES string of the molecule is c1ccc(-c2nc(-c3ccc(-c4ccc5sc6c(ccc7c(-c8ccccc8)nc8ccccc8c76)c5c4)cc3)cc(-n3c4ccccc4c4ccccc43)n2)cc1. The van der Waals surface area contributed by atoms with E-state index in [-0.39, 0.29) is 0 Å². The van der Waals surface area contributed by atoms with E-state index in [1.54, 1.807) is 0 Å². The molecule has 0 saturated heterocycles. The maximum Gasteiger partial charge on any atom is 0.162 e. The molecule has 0 N–H and O–H groups in total. The second-order valence-corrected chi connectivity index (χ2v) is 15.8. The molecule has 4 aromatic heterocycles. The Morgan fingerprint density at radius 3 is 1.72 bits per heavy atom. The zero-order valence-electron chi connectivity index (χ0n) is 31.2. The van der Waals surface area contributed by atoms with Gasteiger partial charge in [-0.15, -0.1) is 11.3 Å². The van der Waals surface area contributed by atoms with Crippen LogP contribution in [0.3, 0.4) is 0 Å². The summed E-state index contributed by atoms with van der Waals surface area (Å²) >= 11 is 1.87. The monoisotopic (exact) mass is 756 g/mol. The molecule has 0 aliphatic carbocycles. The van der Waals surface area contributed by atoms with Gasteiger partial charge in [0.15, 0.2) is 5.82 Å². The third-order valence-electron chi connectivity index (χ3n) is 11.4. The van der Waals surface area contributed by atoms with Gasteiger partial charge in [0.25, 0.3) is 0 Å². The van der Waals surface area contributed by atoms with Crippen molar-refractivity contribution in [3.63, 3.8) is 0 Å². The minimum atomic E-state index is 0.695. The van der Waals surface area contributed by atoms with E-state index in [1.165, 1.54) is 52.7 Å². The number of hydrogen-bond donors (Lipinski definition) is 0. The highest BCUT2D eigenvalue weighted by Gasteiger charge is 2.18. The van der Waals surface area contributed by atoms with E-state index in [1.807, 2.05) is 29.5 Å². The molecular weight excluding hydrogens is 725 g/mol. The van der Waals surface area contributed by atoms with Gasteiger partial charge in [0.2, 0.25) is 0 Å². The fraction of sp³-hybridized carbons (Fsp3) is 0. The fourth-order valence-electron chi connectivity index (χ4n) is 8.68. The lowest BCUT2D eigenvalue weighted by Gasteiger charge is -2.12. The van der Waals surface area contributed by atoms with Crippen LogP contribution in [0.2, 0.25) is 0 Å². The number of aromatic nitrogens is 4. The molecule has 0 atom stereocenters. The van der Waals surface area contributed by atoms with Crippen LogP contribution in [0.25, 0.3) is 115 Å². The minimum absolute atomic E-state index is 0.695. The number of pyridine rings is 1. The molecule has 0 fully saturated rings. The van der Waals surface area contributed by atoms with E-state index < -0.39 is 0 Å². The van der Waals surface area contributed by atoms with E-state index in [2.05, 4.69) is 180 Å². The van der Waals surface area contributed by atoms with Crippen LogP contribution in [0, 0.1) is 0 Å². The second kappa shape index (κ2) is 13.1. The van der Waals surface area contributed by atoms with Crippen LogP contribution >= 0.6 is 11.3 Å². The Hall–Kier alpha value is -7.47. The van der Waals surface area contributed by atoms with Gasteiger partial charge in [-0.2, -0.15) is 0 Å². The van der Waals surface area contributed by atoms with Crippen LogP contribution in [-0.2, 0) is 0 Å². The predicted octanol–water partition coefficient (Wildman–Crippen LogP) is 14.3. The molecule has 0 aliphatic rings. The molecule has 0 amide bonds. The van der Waals surface area contributed by atoms with Crippen molar-refractivity contribution in [2.75, 3.05) is 0 Å². The number of nitrogens with zero attached hydrogens (tertiary/aromatic N) is 4. The molecule has 0 bridgehead atoms. The van der Waals surface area contributed by atoms with Crippen LogP contribution < -0.4 is 0 Å². The summed E-state index contributed by atoms with van der Waals surface area (Å²) in [6.45, 7) is 0. The summed E-state index contributed by atoms with van der Waals surface area (Å²) in [5.74, 6) is 1.54. The van der Waals surface area contributed by atoms with Crippen molar-refractivity contribution >= 4 is 75.0 Å². The Morgan fingerprint density at radius 2 is 0.983 bits per heavy atom. The van der Waals surface area contributed by atoms with Crippen molar-refractivity contribution in [1.29, 1.82) is 0 Å². The van der Waals surface area contributed by atoms with E-state index in [4.69, 9.17) is 15.0 Å². The quantitative estimate of drug-likeness (QED) is 0.164. The molecule has 4 heterocycles. The summed E-state index contributed by atoms with van der Waals surface area (Å²) in [5, 5.41) is 8.59. The summed E-state index contributed by atoms with van der Waals surface area (Å²) in [4.78, 5) is 15.5. The molecule has 270 valence electrons. The van der Waals surface area contributed by atoms with Gasteiger partial charge < -0.3 is 0 Å². The third-order valence-corrected chi connectivity index (χ3v) is 12.6. The summed E-state index contributed by atoms with van der Waals surface area (Å²) in [5.41, 5.74) is 10.6. The number of thiophene rings is 1. The maximum absolute atomic E-state index is 5.19. The van der Waals surface area contributed by atoms with Gasteiger partial charge in [-0.1, -0.05) is 158 Å². The number of hydrogen-bond acceptors (Lipinski definition) is 4. The van der Waals surface area contributed by atoms with Crippen molar-refractivity contribution < 1.29 is 0 Å². The Morgan fingerprint density at radius 1 is 0.379 bits per heavy atom. The van der Waals surface area contributed by atoms with Crippen LogP contribution in [0.5, 0.6) is 0 Å². The minimum Gasteiger partial charge on any atom is -0.294 e. The van der Waals surface area contributed by atoms with Crippen LogP contribution in [0.4, 0.5) is 0 Å². The summed E-state index contributed by atoms with van der Waals surface area (Å²) in [6, 6.07) is 68.8. The summed E-state index contributed by atoms with van der Waals surface area (Å²) in [7, 11) is 0. The molecule has 58 heavy (non-hydrogen) atoms. The molecule has 5 heteroatoms. The lowest BCUT2D eigenvalue weighted by molar-refractivity contribution is 1.05. The normalized spacial score (nSPS) is 11.8. The molecular formula is C53H32N4S. The van der Waals surface area contributed by atoms with Gasteiger partial charge in [0.1, 0.15) is 5.82 Å². The number of benzene rings is 8. The first-order valence-electron chi connectivity index (χ1n) is 19.5. The average molecular weight is 757 g/mol. The number of rotatable bonds is 5. The van der Waals surface area contributed by atoms with Crippen molar-refractivity contribution in [1.82, 2.24) is 19.5 Å². The molecule has 0 radical (unpaired) electrons. The Bertz CT molecular complexity index is 3500. The van der Waals surface area contributed by atoms with E-state index in [0.717, 1.165) is 56.0 Å². The molecule has 8 aromatic carbocycles. The van der Waals surface area contributed by atoms with Gasteiger partial charge in [0, 0.05) is 69.9 Å². The highest BCUT2D eigenvalue weighted by molar-refractivity contribution is 7.26. The van der Waals surface area contributed by atoms with Crippen LogP contribution in [0.1, 0.15) is 0 Å². The first-order chi connectivity index (χ1) is 28.7. The van der Waals surface area contributed by atoms with E-state index in [9.17, 15) is 0 Å². The Balaban J connectivity index is 0.981. The van der Waals surface area contributed by atoms with Crippen LogP contribution in [0.15, 0.2) is 194 Å². The van der Waals surface area contributed by atoms with Gasteiger partial charge in [-0.3, -0.25) is 4.57 Å². The molecule has 4 nitrogen and oxygen atoms in total. The van der Waals surface area contributed by atoms with E-state index in [0.29, 0.717) is 5.82 Å². The summed E-state index contributed by atoms with van der Waals surface area (Å²) < 4.78 is 4.84. The smallest absolute Gasteiger partial charge is 0.162 e. The third kappa shape index (κ3) is 5.18. The predicted molar refractivity (Wildman–Crippen MR) is 244 cm³/mol. The first kappa shape index (κ1) is 32.7. The van der Waals surface area contributed by atoms with Gasteiger partial charge in [0.05, 0.1) is 27.9 Å². The zero-order valence-corrected chi connectivity index (χ0v) is 32.0. The highest BCUT2D eigenvalue weighted by atomic mass is 32.1. The highest BCUT2D eigenvalue weighted by Crippen LogP contribution is 2.44. The van der Waals surface area contributed by atoms with Crippen molar-refractivity contribution in [2.24, 2.45) is 0 Å². The maximum atomic E-state index is 5.19. The zero-order chi connectivity index (χ0) is 38.2. The van der Waals surface area contributed by atoms with Crippen molar-refractivity contribution in [2.45, 2.75) is 0 Å².